The number of hydrogen-bond acceptors (Lipinski definition) is 3. The lowest BCUT2D eigenvalue weighted by Crippen LogP contribution is -2.34. The molecule has 0 spiro atoms. The van der Waals surface area contributed by atoms with Gasteiger partial charge in [0.25, 0.3) is 0 Å². The van der Waals surface area contributed by atoms with Crippen LogP contribution in [0.2, 0.25) is 0 Å². The lowest BCUT2D eigenvalue weighted by Gasteiger charge is -2.29. The Labute approximate surface area is 120 Å². The zero-order valence-electron chi connectivity index (χ0n) is 12.5. The number of amides is 1. The van der Waals surface area contributed by atoms with Gasteiger partial charge in [0.15, 0.2) is 0 Å². The molecule has 4 heteroatoms. The van der Waals surface area contributed by atoms with Crippen LogP contribution in [0.5, 0.6) is 5.75 Å². The van der Waals surface area contributed by atoms with E-state index in [0.29, 0.717) is 0 Å². The second-order valence-electron chi connectivity index (χ2n) is 5.64. The average molecular weight is 276 g/mol. The molecule has 0 bridgehead atoms. The number of nitrogens with zero attached hydrogens (tertiary/aromatic N) is 1. The van der Waals surface area contributed by atoms with Crippen LogP contribution in [-0.4, -0.2) is 31.0 Å². The summed E-state index contributed by atoms with van der Waals surface area (Å²) in [6.45, 7) is 2.03. The maximum absolute atomic E-state index is 12.5. The molecule has 1 fully saturated rings. The van der Waals surface area contributed by atoms with Crippen molar-refractivity contribution in [2.24, 2.45) is 11.7 Å². The third kappa shape index (κ3) is 2.96. The Kier molecular flexibility index (Phi) is 4.65. The minimum atomic E-state index is -0.00419. The van der Waals surface area contributed by atoms with Gasteiger partial charge in [-0.05, 0) is 32.3 Å². The van der Waals surface area contributed by atoms with Gasteiger partial charge in [0.05, 0.1) is 13.2 Å². The van der Waals surface area contributed by atoms with Crippen LogP contribution in [0, 0.1) is 5.92 Å². The molecule has 1 amide bonds. The number of carbonyl (C=O) groups is 1. The predicted molar refractivity (Wildman–Crippen MR) is 79.5 cm³/mol. The molecule has 0 aromatic heterocycles. The number of nitrogens with two attached hydrogens (primary N) is 1. The minimum Gasteiger partial charge on any atom is -0.496 e. The van der Waals surface area contributed by atoms with E-state index in [1.807, 2.05) is 43.1 Å². The van der Waals surface area contributed by atoms with Gasteiger partial charge < -0.3 is 15.4 Å². The van der Waals surface area contributed by atoms with Crippen LogP contribution in [0.3, 0.4) is 0 Å². The van der Waals surface area contributed by atoms with E-state index in [4.69, 9.17) is 10.5 Å². The van der Waals surface area contributed by atoms with Crippen molar-refractivity contribution in [2.45, 2.75) is 38.3 Å². The summed E-state index contributed by atoms with van der Waals surface area (Å²) in [4.78, 5) is 14.4. The van der Waals surface area contributed by atoms with Crippen molar-refractivity contribution in [3.63, 3.8) is 0 Å². The highest BCUT2D eigenvalue weighted by atomic mass is 16.5. The van der Waals surface area contributed by atoms with Crippen molar-refractivity contribution in [3.05, 3.63) is 29.8 Å². The molecule has 0 aliphatic heterocycles. The first-order valence-corrected chi connectivity index (χ1v) is 7.19. The fraction of sp³-hybridized carbons (Fsp3) is 0.562. The molecule has 2 rings (SSSR count). The summed E-state index contributed by atoms with van der Waals surface area (Å²) in [6, 6.07) is 8.02. The Balaban J connectivity index is 2.11. The van der Waals surface area contributed by atoms with Crippen LogP contribution in [0.4, 0.5) is 0 Å². The fourth-order valence-corrected chi connectivity index (χ4v) is 2.94. The van der Waals surface area contributed by atoms with Gasteiger partial charge in [-0.1, -0.05) is 18.2 Å². The summed E-state index contributed by atoms with van der Waals surface area (Å²) in [6.07, 6.45) is 2.66. The molecule has 1 aliphatic rings. The first kappa shape index (κ1) is 14.9. The van der Waals surface area contributed by atoms with Gasteiger partial charge in [-0.15, -0.1) is 0 Å². The Hall–Kier alpha value is -1.55. The van der Waals surface area contributed by atoms with Crippen molar-refractivity contribution in [1.29, 1.82) is 0 Å². The second kappa shape index (κ2) is 6.27. The molecular formula is C16H24N2O2. The lowest BCUT2D eigenvalue weighted by atomic mass is 10.0. The van der Waals surface area contributed by atoms with Crippen molar-refractivity contribution >= 4 is 5.91 Å². The van der Waals surface area contributed by atoms with E-state index in [9.17, 15) is 4.79 Å². The van der Waals surface area contributed by atoms with Gasteiger partial charge >= 0.3 is 0 Å². The molecule has 2 N–H and O–H groups in total. The average Bonchev–Trinajstić information content (AvgIpc) is 2.91. The van der Waals surface area contributed by atoms with E-state index >= 15 is 0 Å². The van der Waals surface area contributed by atoms with Gasteiger partial charge in [-0.25, -0.2) is 0 Å². The highest BCUT2D eigenvalue weighted by Crippen LogP contribution is 2.32. The van der Waals surface area contributed by atoms with Crippen LogP contribution >= 0.6 is 0 Å². The number of ether oxygens (including phenoxy) is 1. The molecule has 1 aromatic carbocycles. The number of benzene rings is 1. The molecule has 1 saturated carbocycles. The normalized spacial score (nSPS) is 23.4. The second-order valence-corrected chi connectivity index (χ2v) is 5.64. The van der Waals surface area contributed by atoms with Crippen molar-refractivity contribution in [3.8, 4) is 5.75 Å². The van der Waals surface area contributed by atoms with E-state index in [1.165, 1.54) is 0 Å². The van der Waals surface area contributed by atoms with Gasteiger partial charge in [-0.2, -0.15) is 0 Å². The largest absolute Gasteiger partial charge is 0.496 e. The summed E-state index contributed by atoms with van der Waals surface area (Å²) in [5.41, 5.74) is 6.94. The predicted octanol–water partition coefficient (Wildman–Crippen LogP) is 2.34. The number of hydrogen-bond donors (Lipinski definition) is 1. The van der Waals surface area contributed by atoms with Crippen molar-refractivity contribution < 1.29 is 9.53 Å². The Morgan fingerprint density at radius 2 is 2.10 bits per heavy atom. The fourth-order valence-electron chi connectivity index (χ4n) is 2.94. The molecule has 4 nitrogen and oxygen atoms in total. The maximum atomic E-state index is 12.5. The smallest absolute Gasteiger partial charge is 0.225 e. The highest BCUT2D eigenvalue weighted by molar-refractivity contribution is 5.79. The highest BCUT2D eigenvalue weighted by Gasteiger charge is 2.32. The van der Waals surface area contributed by atoms with Crippen LogP contribution in [0.15, 0.2) is 24.3 Å². The molecule has 3 atom stereocenters. The van der Waals surface area contributed by atoms with E-state index < -0.39 is 0 Å². The topological polar surface area (TPSA) is 55.6 Å². The Bertz CT molecular complexity index is 475. The quantitative estimate of drug-likeness (QED) is 0.918. The Morgan fingerprint density at radius 1 is 1.40 bits per heavy atom. The molecule has 0 radical (unpaired) electrons. The summed E-state index contributed by atoms with van der Waals surface area (Å²) in [7, 11) is 3.52. The lowest BCUT2D eigenvalue weighted by molar-refractivity contribution is -0.136. The van der Waals surface area contributed by atoms with Crippen LogP contribution in [0.25, 0.3) is 0 Å². The summed E-state index contributed by atoms with van der Waals surface area (Å²) in [5.74, 6) is 1.09. The molecule has 1 aliphatic carbocycles. The van der Waals surface area contributed by atoms with Crippen molar-refractivity contribution in [2.75, 3.05) is 14.2 Å². The summed E-state index contributed by atoms with van der Waals surface area (Å²) >= 11 is 0. The summed E-state index contributed by atoms with van der Waals surface area (Å²) in [5, 5.41) is 0. The van der Waals surface area contributed by atoms with Gasteiger partial charge in [0.2, 0.25) is 5.91 Å². The number of rotatable bonds is 4. The van der Waals surface area contributed by atoms with E-state index in [0.717, 1.165) is 30.6 Å². The van der Waals surface area contributed by atoms with E-state index in [-0.39, 0.29) is 23.9 Å². The standard InChI is InChI=1S/C16H24N2O2/c1-11(14-6-4-5-7-15(14)20-3)18(2)16(19)12-8-9-13(17)10-12/h4-7,11-13H,8-10,17H2,1-3H3. The van der Waals surface area contributed by atoms with Crippen LogP contribution < -0.4 is 10.5 Å². The maximum Gasteiger partial charge on any atom is 0.225 e. The molecular weight excluding hydrogens is 252 g/mol. The van der Waals surface area contributed by atoms with Crippen LogP contribution in [0.1, 0.15) is 37.8 Å². The number of para-hydroxylation sites is 1. The molecule has 0 heterocycles. The van der Waals surface area contributed by atoms with Gasteiger partial charge in [0.1, 0.15) is 5.75 Å². The third-order valence-corrected chi connectivity index (χ3v) is 4.34. The van der Waals surface area contributed by atoms with Gasteiger partial charge in [0, 0.05) is 24.6 Å². The minimum absolute atomic E-state index is 0.00419. The SMILES string of the molecule is COc1ccccc1C(C)N(C)C(=O)C1CCC(N)C1. The number of carbonyl (C=O) groups excluding carboxylic acids is 1. The monoisotopic (exact) mass is 276 g/mol. The third-order valence-electron chi connectivity index (χ3n) is 4.34. The molecule has 20 heavy (non-hydrogen) atoms. The zero-order valence-corrected chi connectivity index (χ0v) is 12.5. The zero-order chi connectivity index (χ0) is 14.7. The number of methoxy groups -OCH3 is 1. The molecule has 3 unspecified atom stereocenters. The molecule has 1 aromatic rings. The first-order chi connectivity index (χ1) is 9.54. The van der Waals surface area contributed by atoms with E-state index in [1.54, 1.807) is 7.11 Å². The van der Waals surface area contributed by atoms with Crippen LogP contribution in [-0.2, 0) is 4.79 Å². The first-order valence-electron chi connectivity index (χ1n) is 7.19. The van der Waals surface area contributed by atoms with Gasteiger partial charge in [-0.3, -0.25) is 4.79 Å². The molecule has 0 saturated heterocycles. The van der Waals surface area contributed by atoms with Crippen molar-refractivity contribution in [1.82, 2.24) is 4.90 Å². The molecule has 110 valence electrons. The van der Waals surface area contributed by atoms with E-state index in [2.05, 4.69) is 0 Å². The summed E-state index contributed by atoms with van der Waals surface area (Å²) < 4.78 is 5.38. The Morgan fingerprint density at radius 3 is 2.70 bits per heavy atom.